The number of nitrogens with zero attached hydrogens (tertiary/aromatic N) is 2. The molecule has 1 aliphatic carbocycles. The van der Waals surface area contributed by atoms with Crippen molar-refractivity contribution in [3.8, 4) is 0 Å². The van der Waals surface area contributed by atoms with Crippen LogP contribution >= 0.6 is 0 Å². The molecule has 1 unspecified atom stereocenters. The number of carbonyl (C=O) groups excluding carboxylic acids is 1. The molecule has 2 aliphatic rings. The molecular weight excluding hydrogens is 232 g/mol. The summed E-state index contributed by atoms with van der Waals surface area (Å²) in [6, 6.07) is 0.160. The van der Waals surface area contributed by atoms with E-state index in [2.05, 4.69) is 4.90 Å². The molecule has 0 aromatic rings. The van der Waals surface area contributed by atoms with Gasteiger partial charge < -0.3 is 14.9 Å². The van der Waals surface area contributed by atoms with Gasteiger partial charge in [0.2, 0.25) is 5.91 Å². The Balaban J connectivity index is 2.06. The van der Waals surface area contributed by atoms with Crippen LogP contribution in [0.4, 0.5) is 0 Å². The van der Waals surface area contributed by atoms with Crippen molar-refractivity contribution in [3.63, 3.8) is 0 Å². The van der Waals surface area contributed by atoms with Gasteiger partial charge in [0.1, 0.15) is 5.41 Å². The first kappa shape index (κ1) is 13.3. The maximum absolute atomic E-state index is 12.4. The first-order valence-electron chi connectivity index (χ1n) is 6.66. The number of carboxylic acid groups (broad SMARTS) is 1. The Kier molecular flexibility index (Phi) is 3.61. The molecule has 102 valence electrons. The van der Waals surface area contributed by atoms with Gasteiger partial charge in [-0.1, -0.05) is 6.42 Å². The molecule has 0 bridgehead atoms. The van der Waals surface area contributed by atoms with Crippen LogP contribution in [0.1, 0.15) is 32.1 Å². The van der Waals surface area contributed by atoms with Crippen molar-refractivity contribution in [1.82, 2.24) is 9.80 Å². The predicted octanol–water partition coefficient (Wildman–Crippen LogP) is 0.794. The smallest absolute Gasteiger partial charge is 0.319 e. The lowest BCUT2D eigenvalue weighted by molar-refractivity contribution is -0.168. The lowest BCUT2D eigenvalue weighted by Crippen LogP contribution is -2.56. The van der Waals surface area contributed by atoms with Crippen LogP contribution in [0.2, 0.25) is 0 Å². The van der Waals surface area contributed by atoms with Gasteiger partial charge in [-0.3, -0.25) is 9.59 Å². The first-order chi connectivity index (χ1) is 8.47. The highest BCUT2D eigenvalue weighted by molar-refractivity contribution is 6.02. The van der Waals surface area contributed by atoms with Crippen molar-refractivity contribution < 1.29 is 14.7 Å². The van der Waals surface area contributed by atoms with Crippen LogP contribution in [0.5, 0.6) is 0 Å². The second kappa shape index (κ2) is 4.88. The summed E-state index contributed by atoms with van der Waals surface area (Å²) >= 11 is 0. The third-order valence-corrected chi connectivity index (χ3v) is 4.49. The average molecular weight is 254 g/mol. The minimum absolute atomic E-state index is 0.160. The van der Waals surface area contributed by atoms with Gasteiger partial charge in [-0.25, -0.2) is 0 Å². The highest BCUT2D eigenvalue weighted by atomic mass is 16.4. The van der Waals surface area contributed by atoms with E-state index in [0.717, 1.165) is 32.4 Å². The largest absolute Gasteiger partial charge is 0.480 e. The third-order valence-electron chi connectivity index (χ3n) is 4.49. The number of likely N-dealkylation sites (tertiary alicyclic amines) is 1. The van der Waals surface area contributed by atoms with E-state index in [1.54, 1.807) is 11.9 Å². The average Bonchev–Trinajstić information content (AvgIpc) is 2.25. The van der Waals surface area contributed by atoms with Crippen LogP contribution < -0.4 is 0 Å². The summed E-state index contributed by atoms with van der Waals surface area (Å²) in [6.45, 7) is 1.90. The van der Waals surface area contributed by atoms with E-state index in [4.69, 9.17) is 0 Å². The van der Waals surface area contributed by atoms with Crippen LogP contribution in [0, 0.1) is 5.41 Å². The van der Waals surface area contributed by atoms with E-state index >= 15 is 0 Å². The Labute approximate surface area is 108 Å². The summed E-state index contributed by atoms with van der Waals surface area (Å²) in [7, 11) is 3.80. The van der Waals surface area contributed by atoms with Gasteiger partial charge >= 0.3 is 5.97 Å². The van der Waals surface area contributed by atoms with Gasteiger partial charge in [0.05, 0.1) is 0 Å². The van der Waals surface area contributed by atoms with Gasteiger partial charge in [-0.2, -0.15) is 0 Å². The molecule has 1 heterocycles. The summed E-state index contributed by atoms with van der Waals surface area (Å²) in [6.07, 6.45) is 3.87. The molecule has 0 aromatic carbocycles. The van der Waals surface area contributed by atoms with Crippen LogP contribution in [-0.2, 0) is 9.59 Å². The van der Waals surface area contributed by atoms with Gasteiger partial charge in [-0.05, 0) is 39.3 Å². The van der Waals surface area contributed by atoms with E-state index in [-0.39, 0.29) is 11.9 Å². The van der Waals surface area contributed by atoms with E-state index in [1.165, 1.54) is 0 Å². The van der Waals surface area contributed by atoms with Crippen LogP contribution in [0.3, 0.4) is 0 Å². The van der Waals surface area contributed by atoms with Crippen molar-refractivity contribution in [2.24, 2.45) is 5.41 Å². The standard InChI is InChI=1S/C13H22N2O3/c1-14-8-3-5-10(9-14)15(2)11(16)13(12(17)18)6-4-7-13/h10H,3-9H2,1-2H3,(H,17,18). The highest BCUT2D eigenvalue weighted by Gasteiger charge is 2.53. The van der Waals surface area contributed by atoms with Gasteiger partial charge in [0.15, 0.2) is 0 Å². The number of piperidine rings is 1. The number of likely N-dealkylation sites (N-methyl/N-ethyl adjacent to an activating group) is 2. The zero-order valence-electron chi connectivity index (χ0n) is 11.2. The molecule has 0 aromatic heterocycles. The van der Waals surface area contributed by atoms with Crippen LogP contribution in [0.15, 0.2) is 0 Å². The summed E-state index contributed by atoms with van der Waals surface area (Å²) < 4.78 is 0. The first-order valence-corrected chi connectivity index (χ1v) is 6.66. The third kappa shape index (κ3) is 2.11. The molecule has 1 saturated heterocycles. The summed E-state index contributed by atoms with van der Waals surface area (Å²) in [4.78, 5) is 27.6. The number of carbonyl (C=O) groups is 2. The molecule has 0 spiro atoms. The molecule has 0 radical (unpaired) electrons. The molecule has 1 atom stereocenters. The fourth-order valence-corrected chi connectivity index (χ4v) is 3.01. The lowest BCUT2D eigenvalue weighted by atomic mass is 9.67. The highest BCUT2D eigenvalue weighted by Crippen LogP contribution is 2.43. The fourth-order valence-electron chi connectivity index (χ4n) is 3.01. The molecular formula is C13H22N2O3. The molecule has 5 heteroatoms. The molecule has 5 nitrogen and oxygen atoms in total. The van der Waals surface area contributed by atoms with Crippen LogP contribution in [0.25, 0.3) is 0 Å². The topological polar surface area (TPSA) is 60.9 Å². The summed E-state index contributed by atoms with van der Waals surface area (Å²) in [5, 5.41) is 9.30. The molecule has 1 saturated carbocycles. The van der Waals surface area contributed by atoms with E-state index in [0.29, 0.717) is 12.8 Å². The van der Waals surface area contributed by atoms with Gasteiger partial charge in [-0.15, -0.1) is 0 Å². The van der Waals surface area contributed by atoms with E-state index in [9.17, 15) is 14.7 Å². The Morgan fingerprint density at radius 1 is 1.33 bits per heavy atom. The lowest BCUT2D eigenvalue weighted by Gasteiger charge is -2.43. The molecule has 18 heavy (non-hydrogen) atoms. The molecule has 1 aliphatic heterocycles. The van der Waals surface area contributed by atoms with Crippen molar-refractivity contribution in [2.75, 3.05) is 27.2 Å². The van der Waals surface area contributed by atoms with Crippen molar-refractivity contribution in [3.05, 3.63) is 0 Å². The van der Waals surface area contributed by atoms with E-state index < -0.39 is 11.4 Å². The maximum Gasteiger partial charge on any atom is 0.319 e. The van der Waals surface area contributed by atoms with Gasteiger partial charge in [0, 0.05) is 19.6 Å². The molecule has 2 fully saturated rings. The summed E-state index contributed by atoms with van der Waals surface area (Å²) in [5.41, 5.74) is -1.12. The monoisotopic (exact) mass is 254 g/mol. The Morgan fingerprint density at radius 2 is 2.00 bits per heavy atom. The quantitative estimate of drug-likeness (QED) is 0.757. The van der Waals surface area contributed by atoms with Crippen LogP contribution in [-0.4, -0.2) is 60.0 Å². The zero-order valence-corrected chi connectivity index (χ0v) is 11.2. The summed E-state index contributed by atoms with van der Waals surface area (Å²) in [5.74, 6) is -1.14. The number of hydrogen-bond donors (Lipinski definition) is 1. The maximum atomic E-state index is 12.4. The zero-order chi connectivity index (χ0) is 13.3. The van der Waals surface area contributed by atoms with E-state index in [1.807, 2.05) is 7.05 Å². The number of carboxylic acids is 1. The molecule has 1 amide bonds. The fraction of sp³-hybridized carbons (Fsp3) is 0.846. The molecule has 2 rings (SSSR count). The molecule has 1 N–H and O–H groups in total. The Morgan fingerprint density at radius 3 is 2.44 bits per heavy atom. The van der Waals surface area contributed by atoms with Crippen molar-refractivity contribution >= 4 is 11.9 Å². The normalized spacial score (nSPS) is 27.3. The predicted molar refractivity (Wildman–Crippen MR) is 67.2 cm³/mol. The number of aliphatic carboxylic acids is 1. The Bertz CT molecular complexity index is 352. The van der Waals surface area contributed by atoms with Crippen molar-refractivity contribution in [1.29, 1.82) is 0 Å². The second-order valence-electron chi connectivity index (χ2n) is 5.72. The Hall–Kier alpha value is -1.10. The number of rotatable bonds is 3. The van der Waals surface area contributed by atoms with Gasteiger partial charge in [0.25, 0.3) is 0 Å². The van der Waals surface area contributed by atoms with Crippen molar-refractivity contribution in [2.45, 2.75) is 38.1 Å². The minimum Gasteiger partial charge on any atom is -0.480 e. The number of hydrogen-bond acceptors (Lipinski definition) is 3. The SMILES string of the molecule is CN1CCCC(N(C)C(=O)C2(C(=O)O)CCC2)C1. The second-order valence-corrected chi connectivity index (χ2v) is 5.72. The minimum atomic E-state index is -1.12. The number of amides is 1.